The van der Waals surface area contributed by atoms with E-state index in [2.05, 4.69) is 0 Å². The van der Waals surface area contributed by atoms with Gasteiger partial charge in [0.2, 0.25) is 0 Å². The Morgan fingerprint density at radius 3 is 1.71 bits per heavy atom. The van der Waals surface area contributed by atoms with Gasteiger partial charge >= 0.3 is 12.4 Å². The molecule has 0 fully saturated rings. The van der Waals surface area contributed by atoms with Crippen LogP contribution in [0.1, 0.15) is 20.3 Å². The zero-order chi connectivity index (χ0) is 16.9. The van der Waals surface area contributed by atoms with Crippen molar-refractivity contribution < 1.29 is 31.1 Å². The highest BCUT2D eigenvalue weighted by Gasteiger charge is 2.67. The fourth-order valence-electron chi connectivity index (χ4n) is 1.55. The fourth-order valence-corrected chi connectivity index (χ4v) is 1.55. The van der Waals surface area contributed by atoms with Gasteiger partial charge in [-0.1, -0.05) is 0 Å². The van der Waals surface area contributed by atoms with E-state index in [1.54, 1.807) is 13.8 Å². The minimum Gasteiger partial charge on any atom is -0.499 e. The number of nitriles is 2. The molecule has 0 unspecified atom stereocenters. The molecule has 0 radical (unpaired) electrons. The summed E-state index contributed by atoms with van der Waals surface area (Å²) < 4.78 is 80.7. The zero-order valence-corrected chi connectivity index (χ0v) is 11.1. The van der Waals surface area contributed by atoms with Crippen LogP contribution in [0.25, 0.3) is 0 Å². The summed E-state index contributed by atoms with van der Waals surface area (Å²) in [4.78, 5) is 0. The largest absolute Gasteiger partial charge is 0.499 e. The number of nitrogens with zero attached hydrogens (tertiary/aromatic N) is 2. The molecule has 0 saturated heterocycles. The molecular formula is C12H12F6N2O. The Balaban J connectivity index is 5.58. The molecule has 0 N–H and O–H groups in total. The zero-order valence-electron chi connectivity index (χ0n) is 11.1. The standard InChI is InChI=1S/C12H12F6N2O/c1-8(2)21-5-3-4-10(6-19,7-20)9(11(13,14)15)12(16,17)18/h3,5,8-9H,4H2,1-2H3/b5-3+. The van der Waals surface area contributed by atoms with Crippen molar-refractivity contribution in [2.45, 2.75) is 38.7 Å². The van der Waals surface area contributed by atoms with E-state index in [1.165, 1.54) is 0 Å². The Hall–Kier alpha value is -1.90. The van der Waals surface area contributed by atoms with Gasteiger partial charge in [0.1, 0.15) is 0 Å². The molecule has 0 bridgehead atoms. The summed E-state index contributed by atoms with van der Waals surface area (Å²) in [7, 11) is 0. The predicted molar refractivity (Wildman–Crippen MR) is 59.2 cm³/mol. The lowest BCUT2D eigenvalue weighted by Gasteiger charge is -2.31. The Bertz CT molecular complexity index is 424. The van der Waals surface area contributed by atoms with Gasteiger partial charge in [-0.05, 0) is 19.9 Å². The van der Waals surface area contributed by atoms with Gasteiger partial charge in [-0.2, -0.15) is 36.9 Å². The second-order valence-electron chi connectivity index (χ2n) is 4.47. The van der Waals surface area contributed by atoms with Crippen molar-refractivity contribution in [1.82, 2.24) is 0 Å². The molecule has 0 amide bonds. The lowest BCUT2D eigenvalue weighted by atomic mass is 9.74. The smallest absolute Gasteiger partial charge is 0.403 e. The second-order valence-corrected chi connectivity index (χ2v) is 4.47. The number of alkyl halides is 6. The van der Waals surface area contributed by atoms with Crippen LogP contribution in [0.5, 0.6) is 0 Å². The molecule has 0 aromatic carbocycles. The average molecular weight is 314 g/mol. The molecule has 0 atom stereocenters. The Kier molecular flexibility index (Phi) is 6.10. The number of rotatable bonds is 5. The quantitative estimate of drug-likeness (QED) is 0.567. The van der Waals surface area contributed by atoms with Gasteiger partial charge in [-0.3, -0.25) is 0 Å². The van der Waals surface area contributed by atoms with Crippen LogP contribution in [0, 0.1) is 34.0 Å². The molecule has 0 saturated carbocycles. The van der Waals surface area contributed by atoms with Crippen molar-refractivity contribution in [3.8, 4) is 12.1 Å². The third-order valence-corrected chi connectivity index (χ3v) is 2.43. The average Bonchev–Trinajstić information content (AvgIpc) is 2.29. The van der Waals surface area contributed by atoms with E-state index in [9.17, 15) is 26.3 Å². The maximum atomic E-state index is 12.6. The topological polar surface area (TPSA) is 56.8 Å². The maximum absolute atomic E-state index is 12.6. The molecule has 3 nitrogen and oxygen atoms in total. The van der Waals surface area contributed by atoms with Crippen LogP contribution in [-0.4, -0.2) is 18.5 Å². The molecule has 118 valence electrons. The normalized spacial score (nSPS) is 13.5. The Labute approximate surface area is 117 Å². The molecule has 0 rings (SSSR count). The Morgan fingerprint density at radius 1 is 1.00 bits per heavy atom. The number of hydrogen-bond acceptors (Lipinski definition) is 3. The van der Waals surface area contributed by atoms with Crippen LogP contribution in [-0.2, 0) is 4.74 Å². The minimum absolute atomic E-state index is 0.346. The second kappa shape index (κ2) is 6.70. The monoisotopic (exact) mass is 314 g/mol. The molecule has 0 aliphatic heterocycles. The highest BCUT2D eigenvalue weighted by Crippen LogP contribution is 2.50. The molecule has 21 heavy (non-hydrogen) atoms. The number of halogens is 6. The molecule has 0 aromatic rings. The summed E-state index contributed by atoms with van der Waals surface area (Å²) in [6.07, 6.45) is -11.3. The lowest BCUT2D eigenvalue weighted by Crippen LogP contribution is -2.47. The molecule has 0 aliphatic carbocycles. The number of hydrogen-bond donors (Lipinski definition) is 0. The van der Waals surface area contributed by atoms with E-state index >= 15 is 0 Å². The van der Waals surface area contributed by atoms with Crippen molar-refractivity contribution in [2.75, 3.05) is 0 Å². The van der Waals surface area contributed by atoms with E-state index in [1.807, 2.05) is 0 Å². The SMILES string of the molecule is CC(C)O/C=C/CC(C#N)(C#N)C(C(F)(F)F)C(F)(F)F. The first kappa shape index (κ1) is 19.1. The molecule has 9 heteroatoms. The van der Waals surface area contributed by atoms with Gasteiger partial charge in [-0.25, -0.2) is 0 Å². The summed E-state index contributed by atoms with van der Waals surface area (Å²) in [5, 5.41) is 17.5. The molecule has 0 spiro atoms. The van der Waals surface area contributed by atoms with E-state index < -0.39 is 30.1 Å². The first-order valence-corrected chi connectivity index (χ1v) is 5.67. The van der Waals surface area contributed by atoms with Crippen molar-refractivity contribution in [1.29, 1.82) is 10.5 Å². The fraction of sp³-hybridized carbons (Fsp3) is 0.667. The summed E-state index contributed by atoms with van der Waals surface area (Å²) in [6, 6.07) is 1.72. The van der Waals surface area contributed by atoms with E-state index in [0.717, 1.165) is 24.5 Å². The van der Waals surface area contributed by atoms with Crippen LogP contribution in [0.15, 0.2) is 12.3 Å². The molecule has 0 aromatic heterocycles. The van der Waals surface area contributed by atoms with Crippen LogP contribution in [0.2, 0.25) is 0 Å². The van der Waals surface area contributed by atoms with Crippen LogP contribution < -0.4 is 0 Å². The third kappa shape index (κ3) is 5.18. The predicted octanol–water partition coefficient (Wildman–Crippen LogP) is 4.09. The summed E-state index contributed by atoms with van der Waals surface area (Å²) in [6.45, 7) is 3.17. The van der Waals surface area contributed by atoms with Crippen molar-refractivity contribution in [3.63, 3.8) is 0 Å². The van der Waals surface area contributed by atoms with Crippen molar-refractivity contribution >= 4 is 0 Å². The van der Waals surface area contributed by atoms with Gasteiger partial charge < -0.3 is 4.74 Å². The highest BCUT2D eigenvalue weighted by molar-refractivity contribution is 5.21. The molecule has 0 aliphatic rings. The minimum atomic E-state index is -5.77. The Morgan fingerprint density at radius 2 is 1.43 bits per heavy atom. The molecular weight excluding hydrogens is 302 g/mol. The number of allylic oxidation sites excluding steroid dienone is 1. The van der Waals surface area contributed by atoms with Crippen LogP contribution in [0.3, 0.4) is 0 Å². The van der Waals surface area contributed by atoms with Crippen molar-refractivity contribution in [3.05, 3.63) is 12.3 Å². The highest BCUT2D eigenvalue weighted by atomic mass is 19.4. The third-order valence-electron chi connectivity index (χ3n) is 2.43. The van der Waals surface area contributed by atoms with Crippen molar-refractivity contribution in [2.24, 2.45) is 11.3 Å². The van der Waals surface area contributed by atoms with E-state index in [0.29, 0.717) is 0 Å². The van der Waals surface area contributed by atoms with Crippen LogP contribution >= 0.6 is 0 Å². The van der Waals surface area contributed by atoms with E-state index in [4.69, 9.17) is 15.3 Å². The van der Waals surface area contributed by atoms with E-state index in [-0.39, 0.29) is 6.10 Å². The first-order valence-electron chi connectivity index (χ1n) is 5.67. The number of ether oxygens (including phenoxy) is 1. The first-order chi connectivity index (χ1) is 9.40. The summed E-state index contributed by atoms with van der Waals surface area (Å²) >= 11 is 0. The maximum Gasteiger partial charge on any atom is 0.403 e. The van der Waals surface area contributed by atoms with Gasteiger partial charge in [0.15, 0.2) is 11.3 Å². The van der Waals surface area contributed by atoms with Crippen LogP contribution in [0.4, 0.5) is 26.3 Å². The van der Waals surface area contributed by atoms with Gasteiger partial charge in [0, 0.05) is 6.42 Å². The van der Waals surface area contributed by atoms with Gasteiger partial charge in [0.25, 0.3) is 0 Å². The van der Waals surface area contributed by atoms with Gasteiger partial charge in [0.05, 0.1) is 24.5 Å². The molecule has 0 heterocycles. The van der Waals surface area contributed by atoms with Gasteiger partial charge in [-0.15, -0.1) is 0 Å². The summed E-state index contributed by atoms with van der Waals surface area (Å²) in [5.74, 6) is -4.06. The summed E-state index contributed by atoms with van der Waals surface area (Å²) in [5.41, 5.74) is -3.30. The lowest BCUT2D eigenvalue weighted by molar-refractivity contribution is -0.302.